The van der Waals surface area contributed by atoms with Gasteiger partial charge in [-0.05, 0) is 5.57 Å². The molecule has 1 N–H and O–H groups in total. The number of carbonyl (C=O) groups excluding carboxylic acids is 1. The van der Waals surface area contributed by atoms with Crippen LogP contribution in [0.15, 0.2) is 23.8 Å². The molecule has 0 amide bonds. The first-order valence-electron chi connectivity index (χ1n) is 2.71. The van der Waals surface area contributed by atoms with Crippen LogP contribution in [0.3, 0.4) is 0 Å². The molecule has 0 spiro atoms. The van der Waals surface area contributed by atoms with Gasteiger partial charge in [0, 0.05) is 23.8 Å². The summed E-state index contributed by atoms with van der Waals surface area (Å²) in [4.78, 5) is 17.4. The third kappa shape index (κ3) is 17.0. The molecule has 6 heteroatoms. The Morgan fingerprint density at radius 1 is 1.14 bits per heavy atom. The minimum Gasteiger partial charge on any atom is 0 e. The number of nitrogens with one attached hydrogen (secondary N) is 1. The van der Waals surface area contributed by atoms with Gasteiger partial charge in [0.1, 0.15) is 6.29 Å². The summed E-state index contributed by atoms with van der Waals surface area (Å²) in [6.45, 7) is 9.00. The number of hydrogen-bond acceptors (Lipinski definition) is 3. The van der Waals surface area contributed by atoms with E-state index in [1.54, 1.807) is 12.5 Å². The number of carbonyl (C=O) groups is 1. The molecule has 1 radical (unpaired) electrons. The van der Waals surface area contributed by atoms with Crippen molar-refractivity contribution in [1.29, 1.82) is 5.59 Å². The quantitative estimate of drug-likeness (QED) is 0.317. The summed E-state index contributed by atoms with van der Waals surface area (Å²) in [5, 5.41) is 0. The van der Waals surface area contributed by atoms with E-state index >= 15 is 0 Å². The fourth-order valence-corrected chi connectivity index (χ4v) is 0.467. The Hall–Kier alpha value is -1.24. The van der Waals surface area contributed by atoms with Crippen molar-refractivity contribution in [2.75, 3.05) is 0 Å². The first-order valence-corrected chi connectivity index (χ1v) is 2.71. The van der Waals surface area contributed by atoms with Crippen LogP contribution in [0, 0.1) is 30.2 Å². The summed E-state index contributed by atoms with van der Waals surface area (Å²) in [6.07, 6.45) is 8.05. The Morgan fingerprint density at radius 2 is 1.57 bits per heavy atom. The van der Waals surface area contributed by atoms with Gasteiger partial charge in [-0.25, -0.2) is 0 Å². The normalized spacial score (nSPS) is 9.00. The van der Waals surface area contributed by atoms with Crippen LogP contribution in [0.2, 0.25) is 0 Å². The summed E-state index contributed by atoms with van der Waals surface area (Å²) >= 11 is 0. The second-order valence-electron chi connectivity index (χ2n) is 1.34. The molecule has 0 saturated heterocycles. The molecule has 0 heterocycles. The zero-order valence-electron chi connectivity index (χ0n) is 6.93. The molecule has 0 aromatic rings. The SMILES string of the molecule is N=O.O=CC1=CC=C[CH]1.[C-]#[O+].[C-]#[O+].[Cr]. The Kier molecular flexibility index (Phi) is 48.9. The van der Waals surface area contributed by atoms with Gasteiger partial charge in [0.2, 0.25) is 0 Å². The second kappa shape index (κ2) is 29.8. The fourth-order valence-electron chi connectivity index (χ4n) is 0.467. The predicted molar refractivity (Wildman–Crippen MR) is 41.5 cm³/mol. The van der Waals surface area contributed by atoms with Crippen LogP contribution in [-0.4, -0.2) is 6.29 Å². The molecular weight excluding hydrogens is 226 g/mol. The average molecular weight is 232 g/mol. The van der Waals surface area contributed by atoms with Crippen LogP contribution in [-0.2, 0) is 31.5 Å². The molecule has 1 aliphatic carbocycles. The van der Waals surface area contributed by atoms with Crippen LogP contribution < -0.4 is 0 Å². The average Bonchev–Trinajstić information content (AvgIpc) is 2.79. The van der Waals surface area contributed by atoms with Gasteiger partial charge in [-0.15, -0.1) is 0 Å². The van der Waals surface area contributed by atoms with E-state index in [2.05, 4.69) is 18.9 Å². The van der Waals surface area contributed by atoms with E-state index in [1.165, 1.54) is 0 Å². The van der Waals surface area contributed by atoms with Crippen molar-refractivity contribution in [3.63, 3.8) is 0 Å². The molecule has 0 aromatic heterocycles. The molecule has 14 heavy (non-hydrogen) atoms. The van der Waals surface area contributed by atoms with Gasteiger partial charge in [-0.1, -0.05) is 23.8 Å². The maximum absolute atomic E-state index is 9.87. The summed E-state index contributed by atoms with van der Waals surface area (Å²) < 4.78 is 15.0. The van der Waals surface area contributed by atoms with Crippen molar-refractivity contribution in [3.8, 4) is 0 Å². The maximum Gasteiger partial charge on any atom is 0 e. The summed E-state index contributed by atoms with van der Waals surface area (Å²) in [5.41, 5.74) is 5.25. The molecule has 73 valence electrons. The molecule has 0 atom stereocenters. The van der Waals surface area contributed by atoms with Gasteiger partial charge >= 0.3 is 22.6 Å². The molecular formula is C8H6CrNO4. The monoisotopic (exact) mass is 232 g/mol. The van der Waals surface area contributed by atoms with Crippen molar-refractivity contribution in [2.45, 2.75) is 0 Å². The third-order valence-corrected chi connectivity index (χ3v) is 0.825. The molecule has 0 aliphatic heterocycles. The van der Waals surface area contributed by atoms with Gasteiger partial charge in [0.05, 0.1) is 0 Å². The molecule has 0 bridgehead atoms. The van der Waals surface area contributed by atoms with E-state index in [-0.39, 0.29) is 17.4 Å². The largest absolute Gasteiger partial charge is 0 e. The van der Waals surface area contributed by atoms with Crippen molar-refractivity contribution in [1.82, 2.24) is 0 Å². The molecule has 0 fully saturated rings. The zero-order chi connectivity index (χ0) is 11.1. The molecule has 1 rings (SSSR count). The summed E-state index contributed by atoms with van der Waals surface area (Å²) in [6, 6.07) is 0. The summed E-state index contributed by atoms with van der Waals surface area (Å²) in [7, 11) is 0. The van der Waals surface area contributed by atoms with Crippen molar-refractivity contribution >= 4 is 6.29 Å². The number of allylic oxidation sites excluding steroid dienone is 4. The number of hydrogen-bond donors (Lipinski definition) is 1. The van der Waals surface area contributed by atoms with E-state index in [1.807, 2.05) is 12.2 Å². The minimum atomic E-state index is 0. The summed E-state index contributed by atoms with van der Waals surface area (Å²) in [5.74, 6) is 0. The zero-order valence-corrected chi connectivity index (χ0v) is 8.20. The Balaban J connectivity index is -0.0000000625. The smallest absolute Gasteiger partial charge is 0 e. The van der Waals surface area contributed by atoms with Gasteiger partial charge < -0.3 is 0 Å². The van der Waals surface area contributed by atoms with Crippen LogP contribution in [0.1, 0.15) is 0 Å². The van der Waals surface area contributed by atoms with E-state index < -0.39 is 0 Å². The van der Waals surface area contributed by atoms with Crippen LogP contribution in [0.4, 0.5) is 0 Å². The number of nitroso groups, excluding NO2 is 1. The van der Waals surface area contributed by atoms with Crippen molar-refractivity contribution in [3.05, 3.63) is 48.4 Å². The van der Waals surface area contributed by atoms with E-state index in [0.29, 0.717) is 0 Å². The number of aldehydes is 1. The van der Waals surface area contributed by atoms with Crippen molar-refractivity contribution < 1.29 is 31.5 Å². The van der Waals surface area contributed by atoms with Crippen LogP contribution in [0.25, 0.3) is 0 Å². The van der Waals surface area contributed by atoms with Gasteiger partial charge in [0.15, 0.2) is 0 Å². The third-order valence-electron chi connectivity index (χ3n) is 0.825. The van der Waals surface area contributed by atoms with Gasteiger partial charge in [-0.2, -0.15) is 4.91 Å². The Morgan fingerprint density at radius 3 is 1.71 bits per heavy atom. The molecule has 1 aliphatic rings. The predicted octanol–water partition coefficient (Wildman–Crippen LogP) is 1.14. The number of rotatable bonds is 1. The topological polar surface area (TPSA) is 97.8 Å². The fraction of sp³-hybridized carbons (Fsp3) is 0. The molecule has 0 unspecified atom stereocenters. The van der Waals surface area contributed by atoms with Crippen LogP contribution >= 0.6 is 0 Å². The molecule has 5 nitrogen and oxygen atoms in total. The van der Waals surface area contributed by atoms with Gasteiger partial charge in [-0.3, -0.25) is 4.79 Å². The first kappa shape index (κ1) is 23.0. The molecule has 0 saturated carbocycles. The molecule has 0 aromatic carbocycles. The maximum atomic E-state index is 9.87. The van der Waals surface area contributed by atoms with Gasteiger partial charge in [0.25, 0.3) is 0 Å². The van der Waals surface area contributed by atoms with Crippen LogP contribution in [0.5, 0.6) is 0 Å². The second-order valence-corrected chi connectivity index (χ2v) is 1.34. The van der Waals surface area contributed by atoms with E-state index in [9.17, 15) is 4.79 Å². The van der Waals surface area contributed by atoms with E-state index in [0.717, 1.165) is 11.9 Å². The van der Waals surface area contributed by atoms with Crippen molar-refractivity contribution in [2.24, 2.45) is 0 Å². The Bertz CT molecular complexity index is 214. The standard InChI is InChI=1S/C6H5O.2CO.Cr.HNO/c7-5-6-3-1-2-4-6;2*1-2;;1-2/h1-5H;;;;1H. The Labute approximate surface area is 92.2 Å². The van der Waals surface area contributed by atoms with E-state index in [4.69, 9.17) is 14.2 Å². The minimum absolute atomic E-state index is 0. The first-order chi connectivity index (χ1) is 6.43.